The smallest absolute Gasteiger partial charge is 0.224 e. The Hall–Kier alpha value is -1.60. The van der Waals surface area contributed by atoms with E-state index in [2.05, 4.69) is 41.4 Å². The Balaban J connectivity index is 1.56. The molecular formula is C21H33N3O3S. The highest BCUT2D eigenvalue weighted by atomic mass is 32.2. The van der Waals surface area contributed by atoms with E-state index in [0.29, 0.717) is 6.54 Å². The summed E-state index contributed by atoms with van der Waals surface area (Å²) in [6.45, 7) is 7.29. The van der Waals surface area contributed by atoms with E-state index in [0.717, 1.165) is 37.4 Å². The number of benzene rings is 1. The molecule has 0 unspecified atom stereocenters. The molecule has 1 amide bonds. The number of rotatable bonds is 5. The molecule has 0 spiro atoms. The van der Waals surface area contributed by atoms with Crippen LogP contribution in [-0.4, -0.2) is 51.1 Å². The lowest BCUT2D eigenvalue weighted by Gasteiger charge is -2.32. The van der Waals surface area contributed by atoms with Gasteiger partial charge in [0.15, 0.2) is 0 Å². The quantitative estimate of drug-likeness (QED) is 0.815. The van der Waals surface area contributed by atoms with E-state index >= 15 is 0 Å². The number of piperidine rings is 2. The maximum atomic E-state index is 12.7. The van der Waals surface area contributed by atoms with Gasteiger partial charge in [-0.15, -0.1) is 0 Å². The maximum Gasteiger partial charge on any atom is 0.224 e. The molecule has 28 heavy (non-hydrogen) atoms. The molecule has 2 saturated heterocycles. The zero-order valence-corrected chi connectivity index (χ0v) is 18.0. The van der Waals surface area contributed by atoms with Crippen LogP contribution in [0.15, 0.2) is 24.3 Å². The van der Waals surface area contributed by atoms with Gasteiger partial charge in [0.25, 0.3) is 0 Å². The van der Waals surface area contributed by atoms with Gasteiger partial charge >= 0.3 is 0 Å². The van der Waals surface area contributed by atoms with Gasteiger partial charge in [0, 0.05) is 31.9 Å². The highest BCUT2D eigenvalue weighted by Crippen LogP contribution is 2.25. The first kappa shape index (κ1) is 21.1. The van der Waals surface area contributed by atoms with E-state index in [1.807, 2.05) is 6.92 Å². The number of amides is 1. The first-order valence-corrected chi connectivity index (χ1v) is 12.2. The predicted molar refractivity (Wildman–Crippen MR) is 113 cm³/mol. The first-order valence-electron chi connectivity index (χ1n) is 10.3. The van der Waals surface area contributed by atoms with Gasteiger partial charge in [0.1, 0.15) is 0 Å². The molecule has 2 fully saturated rings. The summed E-state index contributed by atoms with van der Waals surface area (Å²) in [5.41, 5.74) is 2.31. The van der Waals surface area contributed by atoms with Gasteiger partial charge in [-0.1, -0.05) is 19.1 Å². The molecule has 6 nitrogen and oxygen atoms in total. The topological polar surface area (TPSA) is 69.7 Å². The third-order valence-corrected chi connectivity index (χ3v) is 7.39. The fourth-order valence-corrected chi connectivity index (χ4v) is 5.02. The van der Waals surface area contributed by atoms with Crippen molar-refractivity contribution >= 4 is 21.6 Å². The number of nitrogens with one attached hydrogen (secondary N) is 1. The molecule has 0 bridgehead atoms. The number of carbonyl (C=O) groups is 1. The summed E-state index contributed by atoms with van der Waals surface area (Å²) in [6, 6.07) is 8.35. The van der Waals surface area contributed by atoms with Gasteiger partial charge in [-0.2, -0.15) is 0 Å². The molecule has 2 atom stereocenters. The van der Waals surface area contributed by atoms with Crippen LogP contribution in [0.5, 0.6) is 0 Å². The van der Waals surface area contributed by atoms with E-state index in [1.54, 1.807) is 0 Å². The van der Waals surface area contributed by atoms with Crippen molar-refractivity contribution in [3.8, 4) is 0 Å². The molecule has 2 heterocycles. The predicted octanol–water partition coefficient (Wildman–Crippen LogP) is 2.77. The average molecular weight is 408 g/mol. The molecular weight excluding hydrogens is 374 g/mol. The minimum absolute atomic E-state index is 0.0602. The Bertz CT molecular complexity index is 771. The molecule has 7 heteroatoms. The minimum atomic E-state index is -3.24. The Morgan fingerprint density at radius 1 is 1.11 bits per heavy atom. The molecule has 0 radical (unpaired) electrons. The SMILES string of the molecule is CC1CCN(c2ccc([C@H](C)NC(=O)[C@H]3CCCN(S(C)(=O)=O)C3)cc2)CC1. The summed E-state index contributed by atoms with van der Waals surface area (Å²) in [5, 5.41) is 3.07. The summed E-state index contributed by atoms with van der Waals surface area (Å²) in [5.74, 6) is 0.472. The number of sulfonamides is 1. The van der Waals surface area contributed by atoms with Crippen LogP contribution in [0.3, 0.4) is 0 Å². The largest absolute Gasteiger partial charge is 0.372 e. The fraction of sp³-hybridized carbons (Fsp3) is 0.667. The Labute approximate surface area is 169 Å². The van der Waals surface area contributed by atoms with Crippen molar-refractivity contribution in [3.63, 3.8) is 0 Å². The van der Waals surface area contributed by atoms with Crippen LogP contribution in [0.2, 0.25) is 0 Å². The molecule has 1 aromatic carbocycles. The summed E-state index contributed by atoms with van der Waals surface area (Å²) < 4.78 is 25.0. The number of hydrogen-bond acceptors (Lipinski definition) is 4. The van der Waals surface area contributed by atoms with Gasteiger partial charge < -0.3 is 10.2 Å². The van der Waals surface area contributed by atoms with Gasteiger partial charge in [0.05, 0.1) is 18.2 Å². The molecule has 1 aromatic rings. The Morgan fingerprint density at radius 2 is 1.75 bits per heavy atom. The van der Waals surface area contributed by atoms with Crippen LogP contribution < -0.4 is 10.2 Å². The molecule has 0 aromatic heterocycles. The van der Waals surface area contributed by atoms with Crippen LogP contribution in [0, 0.1) is 11.8 Å². The highest BCUT2D eigenvalue weighted by molar-refractivity contribution is 7.88. The molecule has 0 saturated carbocycles. The lowest BCUT2D eigenvalue weighted by molar-refractivity contribution is -0.126. The number of nitrogens with zero attached hydrogens (tertiary/aromatic N) is 2. The third kappa shape index (κ3) is 5.26. The zero-order valence-electron chi connectivity index (χ0n) is 17.2. The summed E-state index contributed by atoms with van der Waals surface area (Å²) in [6.07, 6.45) is 5.14. The molecule has 1 N–H and O–H groups in total. The van der Waals surface area contributed by atoms with Crippen molar-refractivity contribution in [2.45, 2.75) is 45.6 Å². The van der Waals surface area contributed by atoms with E-state index in [-0.39, 0.29) is 24.4 Å². The second-order valence-electron chi connectivity index (χ2n) is 8.45. The van der Waals surface area contributed by atoms with Crippen LogP contribution in [0.25, 0.3) is 0 Å². The second kappa shape index (κ2) is 8.82. The van der Waals surface area contributed by atoms with Gasteiger partial charge in [0.2, 0.25) is 15.9 Å². The van der Waals surface area contributed by atoms with Crippen LogP contribution in [0.4, 0.5) is 5.69 Å². The van der Waals surface area contributed by atoms with E-state index in [1.165, 1.54) is 29.1 Å². The van der Waals surface area contributed by atoms with Crippen LogP contribution in [-0.2, 0) is 14.8 Å². The van der Waals surface area contributed by atoms with Gasteiger partial charge in [-0.3, -0.25) is 4.79 Å². The second-order valence-corrected chi connectivity index (χ2v) is 10.4. The minimum Gasteiger partial charge on any atom is -0.372 e. The fourth-order valence-electron chi connectivity index (χ4n) is 4.11. The highest BCUT2D eigenvalue weighted by Gasteiger charge is 2.30. The Kier molecular flexibility index (Phi) is 6.65. The van der Waals surface area contributed by atoms with Crippen molar-refractivity contribution in [2.75, 3.05) is 37.3 Å². The van der Waals surface area contributed by atoms with Crippen molar-refractivity contribution in [1.82, 2.24) is 9.62 Å². The summed E-state index contributed by atoms with van der Waals surface area (Å²) >= 11 is 0. The van der Waals surface area contributed by atoms with Crippen LogP contribution >= 0.6 is 0 Å². The molecule has 0 aliphatic carbocycles. The summed E-state index contributed by atoms with van der Waals surface area (Å²) in [7, 11) is -3.24. The van der Waals surface area contributed by atoms with Crippen molar-refractivity contribution in [1.29, 1.82) is 0 Å². The number of carbonyl (C=O) groups excluding carboxylic acids is 1. The molecule has 3 rings (SSSR count). The molecule has 156 valence electrons. The maximum absolute atomic E-state index is 12.7. The van der Waals surface area contributed by atoms with Crippen molar-refractivity contribution in [2.24, 2.45) is 11.8 Å². The monoisotopic (exact) mass is 407 g/mol. The average Bonchev–Trinajstić information content (AvgIpc) is 2.68. The van der Waals surface area contributed by atoms with E-state index in [4.69, 9.17) is 0 Å². The van der Waals surface area contributed by atoms with Crippen molar-refractivity contribution in [3.05, 3.63) is 29.8 Å². The van der Waals surface area contributed by atoms with Crippen molar-refractivity contribution < 1.29 is 13.2 Å². The third-order valence-electron chi connectivity index (χ3n) is 6.12. The molecule has 2 aliphatic rings. The lowest BCUT2D eigenvalue weighted by Crippen LogP contribution is -2.45. The molecule has 2 aliphatic heterocycles. The number of anilines is 1. The normalized spacial score (nSPS) is 23.4. The van der Waals surface area contributed by atoms with E-state index in [9.17, 15) is 13.2 Å². The summed E-state index contributed by atoms with van der Waals surface area (Å²) in [4.78, 5) is 15.1. The van der Waals surface area contributed by atoms with Gasteiger partial charge in [-0.05, 0) is 56.2 Å². The zero-order chi connectivity index (χ0) is 20.3. The van der Waals surface area contributed by atoms with Crippen LogP contribution in [0.1, 0.15) is 51.1 Å². The lowest BCUT2D eigenvalue weighted by atomic mass is 9.97. The van der Waals surface area contributed by atoms with Gasteiger partial charge in [-0.25, -0.2) is 12.7 Å². The standard InChI is InChI=1S/C21H33N3O3S/c1-16-10-13-23(14-11-16)20-8-6-18(7-9-20)17(2)22-21(25)19-5-4-12-24(15-19)28(3,26)27/h6-9,16-17,19H,4-5,10-15H2,1-3H3,(H,22,25)/t17-,19-/m0/s1. The van der Waals surface area contributed by atoms with E-state index < -0.39 is 10.0 Å². The first-order chi connectivity index (χ1) is 13.2. The Morgan fingerprint density at radius 3 is 2.36 bits per heavy atom. The number of hydrogen-bond donors (Lipinski definition) is 1.